The van der Waals surface area contributed by atoms with Crippen LogP contribution in [0.5, 0.6) is 11.5 Å². The highest BCUT2D eigenvalue weighted by Gasteiger charge is 2.13. The van der Waals surface area contributed by atoms with Crippen molar-refractivity contribution in [2.24, 2.45) is 0 Å². The first kappa shape index (κ1) is 10.1. The highest BCUT2D eigenvalue weighted by Crippen LogP contribution is 2.29. The van der Waals surface area contributed by atoms with Gasteiger partial charge in [0.2, 0.25) is 0 Å². The van der Waals surface area contributed by atoms with E-state index < -0.39 is 5.97 Å². The first-order valence-corrected chi connectivity index (χ1v) is 4.44. The molecule has 0 aliphatic carbocycles. The van der Waals surface area contributed by atoms with Crippen LogP contribution in [-0.4, -0.2) is 23.3 Å². The second-order valence-electron chi connectivity index (χ2n) is 2.31. The first-order valence-electron chi connectivity index (χ1n) is 3.36. The van der Waals surface area contributed by atoms with Crippen LogP contribution in [-0.2, 0) is 0 Å². The van der Waals surface area contributed by atoms with Crippen LogP contribution in [0.2, 0.25) is 0 Å². The molecule has 2 N–H and O–H groups in total. The lowest BCUT2D eigenvalue weighted by Crippen LogP contribution is -1.98. The van der Waals surface area contributed by atoms with Crippen LogP contribution >= 0.6 is 22.6 Å². The van der Waals surface area contributed by atoms with E-state index in [1.807, 2.05) is 22.6 Å². The molecule has 0 heterocycles. The standard InChI is InChI=1S/C8H7IO4/c1-13-7-3-6(10)4(8(11)12)2-5(7)9/h2-3,10H,1H3,(H,11,12). The first-order chi connectivity index (χ1) is 6.06. The number of methoxy groups -OCH3 is 1. The maximum absolute atomic E-state index is 10.6. The Balaban J connectivity index is 3.28. The summed E-state index contributed by atoms with van der Waals surface area (Å²) in [6.45, 7) is 0. The quantitative estimate of drug-likeness (QED) is 0.815. The monoisotopic (exact) mass is 294 g/mol. The molecule has 5 heteroatoms. The summed E-state index contributed by atoms with van der Waals surface area (Å²) in [5, 5.41) is 17.9. The normalized spacial score (nSPS) is 9.69. The second-order valence-corrected chi connectivity index (χ2v) is 3.47. The topological polar surface area (TPSA) is 66.8 Å². The van der Waals surface area contributed by atoms with Crippen molar-refractivity contribution in [3.05, 3.63) is 21.3 Å². The van der Waals surface area contributed by atoms with Gasteiger partial charge >= 0.3 is 5.97 Å². The molecule has 0 saturated heterocycles. The summed E-state index contributed by atoms with van der Waals surface area (Å²) in [6, 6.07) is 2.64. The van der Waals surface area contributed by atoms with Gasteiger partial charge in [-0.2, -0.15) is 0 Å². The number of ether oxygens (including phenoxy) is 1. The predicted molar refractivity (Wildman–Crippen MR) is 54.3 cm³/mol. The van der Waals surface area contributed by atoms with Gasteiger partial charge in [-0.05, 0) is 28.7 Å². The molecular weight excluding hydrogens is 287 g/mol. The summed E-state index contributed by atoms with van der Waals surface area (Å²) >= 11 is 1.94. The minimum atomic E-state index is -1.15. The number of aromatic carboxylic acids is 1. The molecular formula is C8H7IO4. The van der Waals surface area contributed by atoms with Crippen molar-refractivity contribution in [2.45, 2.75) is 0 Å². The largest absolute Gasteiger partial charge is 0.507 e. The fourth-order valence-corrected chi connectivity index (χ4v) is 1.56. The van der Waals surface area contributed by atoms with Crippen molar-refractivity contribution in [1.82, 2.24) is 0 Å². The van der Waals surface area contributed by atoms with E-state index in [0.717, 1.165) is 0 Å². The van der Waals surface area contributed by atoms with Gasteiger partial charge in [-0.1, -0.05) is 0 Å². The molecule has 0 spiro atoms. The Hall–Kier alpha value is -0.980. The molecule has 0 aliphatic rings. The molecule has 0 unspecified atom stereocenters. The van der Waals surface area contributed by atoms with Gasteiger partial charge < -0.3 is 14.9 Å². The zero-order chi connectivity index (χ0) is 10.0. The number of phenols is 1. The molecule has 0 fully saturated rings. The van der Waals surface area contributed by atoms with Gasteiger partial charge in [-0.15, -0.1) is 0 Å². The van der Waals surface area contributed by atoms with E-state index in [-0.39, 0.29) is 11.3 Å². The number of carbonyl (C=O) groups is 1. The summed E-state index contributed by atoms with van der Waals surface area (Å²) in [6.07, 6.45) is 0. The van der Waals surface area contributed by atoms with Crippen molar-refractivity contribution in [2.75, 3.05) is 7.11 Å². The molecule has 70 valence electrons. The molecule has 1 aromatic carbocycles. The minimum absolute atomic E-state index is 0.120. The Kier molecular flexibility index (Phi) is 2.97. The van der Waals surface area contributed by atoms with Crippen LogP contribution in [0.15, 0.2) is 12.1 Å². The molecule has 0 radical (unpaired) electrons. The van der Waals surface area contributed by atoms with Crippen LogP contribution in [0.4, 0.5) is 0 Å². The number of hydrogen-bond donors (Lipinski definition) is 2. The zero-order valence-electron chi connectivity index (χ0n) is 6.74. The Bertz CT molecular complexity index is 348. The molecule has 4 nitrogen and oxygen atoms in total. The number of carboxylic acids is 1. The molecule has 0 saturated carbocycles. The molecule has 1 aromatic rings. The number of halogens is 1. The lowest BCUT2D eigenvalue weighted by Gasteiger charge is -2.05. The van der Waals surface area contributed by atoms with E-state index in [4.69, 9.17) is 9.84 Å². The highest BCUT2D eigenvalue weighted by molar-refractivity contribution is 14.1. The van der Waals surface area contributed by atoms with Gasteiger partial charge in [-0.3, -0.25) is 0 Å². The van der Waals surface area contributed by atoms with Crippen LogP contribution < -0.4 is 4.74 Å². The average molecular weight is 294 g/mol. The number of rotatable bonds is 2. The van der Waals surface area contributed by atoms with Gasteiger partial charge in [-0.25, -0.2) is 4.79 Å². The highest BCUT2D eigenvalue weighted by atomic mass is 127. The van der Waals surface area contributed by atoms with E-state index in [1.54, 1.807) is 0 Å². The lowest BCUT2D eigenvalue weighted by atomic mass is 10.2. The maximum atomic E-state index is 10.6. The van der Waals surface area contributed by atoms with Crippen molar-refractivity contribution in [1.29, 1.82) is 0 Å². The van der Waals surface area contributed by atoms with Crippen LogP contribution in [0, 0.1) is 3.57 Å². The van der Waals surface area contributed by atoms with Crippen molar-refractivity contribution in [3.8, 4) is 11.5 Å². The zero-order valence-corrected chi connectivity index (χ0v) is 8.90. The van der Waals surface area contributed by atoms with Crippen LogP contribution in [0.3, 0.4) is 0 Å². The lowest BCUT2D eigenvalue weighted by molar-refractivity contribution is 0.0693. The summed E-state index contributed by atoms with van der Waals surface area (Å²) in [4.78, 5) is 10.6. The van der Waals surface area contributed by atoms with Gasteiger partial charge in [0.1, 0.15) is 17.1 Å². The average Bonchev–Trinajstić information content (AvgIpc) is 2.07. The molecule has 0 amide bonds. The summed E-state index contributed by atoms with van der Waals surface area (Å²) < 4.78 is 5.55. The predicted octanol–water partition coefficient (Wildman–Crippen LogP) is 1.70. The van der Waals surface area contributed by atoms with E-state index in [2.05, 4.69) is 0 Å². The van der Waals surface area contributed by atoms with Gasteiger partial charge in [0.15, 0.2) is 0 Å². The van der Waals surface area contributed by atoms with E-state index in [9.17, 15) is 9.90 Å². The Labute approximate surface area is 88.3 Å². The third-order valence-corrected chi connectivity index (χ3v) is 2.34. The Morgan fingerprint density at radius 2 is 2.15 bits per heavy atom. The smallest absolute Gasteiger partial charge is 0.339 e. The van der Waals surface area contributed by atoms with E-state index in [0.29, 0.717) is 9.32 Å². The molecule has 0 atom stereocenters. The maximum Gasteiger partial charge on any atom is 0.339 e. The fraction of sp³-hybridized carbons (Fsp3) is 0.125. The third kappa shape index (κ3) is 2.03. The third-order valence-electron chi connectivity index (χ3n) is 1.50. The summed E-state index contributed by atoms with van der Waals surface area (Å²) in [5.41, 5.74) is -0.120. The Morgan fingerprint density at radius 1 is 1.54 bits per heavy atom. The fourth-order valence-electron chi connectivity index (χ4n) is 0.870. The van der Waals surface area contributed by atoms with Gasteiger partial charge in [0.05, 0.1) is 10.7 Å². The van der Waals surface area contributed by atoms with Gasteiger partial charge in [0, 0.05) is 6.07 Å². The van der Waals surface area contributed by atoms with Crippen molar-refractivity contribution >= 4 is 28.6 Å². The molecule has 1 rings (SSSR count). The van der Waals surface area contributed by atoms with Crippen LogP contribution in [0.25, 0.3) is 0 Å². The SMILES string of the molecule is COc1cc(O)c(C(=O)O)cc1I. The van der Waals surface area contributed by atoms with Crippen molar-refractivity contribution in [3.63, 3.8) is 0 Å². The summed E-state index contributed by atoms with van der Waals surface area (Å²) in [7, 11) is 1.46. The second kappa shape index (κ2) is 3.82. The van der Waals surface area contributed by atoms with Crippen LogP contribution in [0.1, 0.15) is 10.4 Å². The number of carboxylic acid groups (broad SMARTS) is 1. The number of aromatic hydroxyl groups is 1. The molecule has 0 aliphatic heterocycles. The van der Waals surface area contributed by atoms with E-state index >= 15 is 0 Å². The van der Waals surface area contributed by atoms with Crippen molar-refractivity contribution < 1.29 is 19.7 Å². The molecule has 13 heavy (non-hydrogen) atoms. The summed E-state index contributed by atoms with van der Waals surface area (Å²) in [5.74, 6) is -0.981. The Morgan fingerprint density at radius 3 is 2.62 bits per heavy atom. The number of benzene rings is 1. The molecule has 0 bridgehead atoms. The number of hydrogen-bond acceptors (Lipinski definition) is 3. The van der Waals surface area contributed by atoms with E-state index in [1.165, 1.54) is 19.2 Å². The van der Waals surface area contributed by atoms with Gasteiger partial charge in [0.25, 0.3) is 0 Å². The molecule has 0 aromatic heterocycles. The minimum Gasteiger partial charge on any atom is -0.507 e.